The van der Waals surface area contributed by atoms with E-state index in [1.807, 2.05) is 0 Å². The SMILES string of the molecule is CCCCC(F)(F)C(F)(F)C(F)(F)C(F)(F)C(F)(F)C(F)(F)C(F)(F)C(F)(F)CC(=O)OCC(CN(CCC)CCC)OC(=O)CC(F)(F)C(F)(F)C(F)(F)C(F)(F)C(F)(F)C(F)(F)C(F)(F)C(F)(F)CCCC. The summed E-state index contributed by atoms with van der Waals surface area (Å²) in [5, 5.41) is 0. The van der Waals surface area contributed by atoms with E-state index in [2.05, 4.69) is 9.47 Å². The van der Waals surface area contributed by atoms with Gasteiger partial charge in [-0.15, -0.1) is 0 Å². The van der Waals surface area contributed by atoms with E-state index in [9.17, 15) is 150 Å². The van der Waals surface area contributed by atoms with Gasteiger partial charge in [0.1, 0.15) is 25.6 Å². The molecule has 0 aliphatic carbocycles. The monoisotopic (exact) mass is 1170 g/mol. The largest absolute Gasteiger partial charge is 0.462 e. The van der Waals surface area contributed by atoms with E-state index in [0.29, 0.717) is 0 Å². The molecule has 0 saturated carbocycles. The Morgan fingerprint density at radius 1 is 0.351 bits per heavy atom. The molecule has 37 heteroatoms. The molecule has 442 valence electrons. The van der Waals surface area contributed by atoms with Crippen molar-refractivity contribution < 1.29 is 160 Å². The average molecular weight is 1170 g/mol. The highest BCUT2D eigenvalue weighted by atomic mass is 19.4. The first kappa shape index (κ1) is 70.7. The number of carbonyl (C=O) groups is 2. The molecule has 5 nitrogen and oxygen atoms in total. The summed E-state index contributed by atoms with van der Waals surface area (Å²) < 4.78 is 465. The second-order valence-corrected chi connectivity index (χ2v) is 16.4. The predicted molar refractivity (Wildman–Crippen MR) is 185 cm³/mol. The molecule has 0 saturated heterocycles. The van der Waals surface area contributed by atoms with Crippen LogP contribution in [0.2, 0.25) is 0 Å². The van der Waals surface area contributed by atoms with Crippen LogP contribution in [0.4, 0.5) is 140 Å². The predicted octanol–water partition coefficient (Wildman–Crippen LogP) is 14.9. The molecule has 0 bridgehead atoms. The van der Waals surface area contributed by atoms with Crippen LogP contribution in [-0.2, 0) is 19.1 Å². The minimum atomic E-state index is -8.95. The Balaban J connectivity index is 6.99. The van der Waals surface area contributed by atoms with Gasteiger partial charge in [-0.1, -0.05) is 40.5 Å². The number of rotatable bonds is 33. The minimum Gasteiger partial charge on any atom is -0.462 e. The van der Waals surface area contributed by atoms with Crippen LogP contribution in [0.15, 0.2) is 0 Å². The molecule has 0 amide bonds. The number of unbranched alkanes of at least 4 members (excludes halogenated alkanes) is 2. The van der Waals surface area contributed by atoms with E-state index in [4.69, 9.17) is 0 Å². The van der Waals surface area contributed by atoms with E-state index in [1.165, 1.54) is 13.8 Å². The zero-order chi connectivity index (χ0) is 59.6. The van der Waals surface area contributed by atoms with Crippen LogP contribution in [0, 0.1) is 0 Å². The van der Waals surface area contributed by atoms with Crippen LogP contribution in [-0.4, -0.2) is 144 Å². The summed E-state index contributed by atoms with van der Waals surface area (Å²) in [4.78, 5) is 25.3. The highest BCUT2D eigenvalue weighted by Gasteiger charge is 2.96. The molecule has 1 unspecified atom stereocenters. The third kappa shape index (κ3) is 12.0. The molecule has 0 heterocycles. The molecule has 0 N–H and O–H groups in total. The number of nitrogens with zero attached hydrogens (tertiary/aromatic N) is 1. The molecular weight excluding hydrogens is 1130 g/mol. The number of ether oxygens (including phenoxy) is 2. The standard InChI is InChI=1S/C37H41F32NO4/c1-5-9-11-22(38,39)26(46,47)30(54,55)34(62,63)36(66,67)32(58,59)28(50,51)24(42,43)15-20(71)73-18-19(17-70(13-7-3)14-8-4)74-21(72)16-25(44,45)29(52,53)33(60,61)37(68,69)35(64,65)31(56,57)27(48,49)23(40,41)12-10-6-2/h19H,5-18H2,1-4H3. The fraction of sp³-hybridized carbons (Fsp3) is 0.946. The molecule has 74 heavy (non-hydrogen) atoms. The third-order valence-corrected chi connectivity index (χ3v) is 10.5. The molecule has 0 radical (unpaired) electrons. The van der Waals surface area contributed by atoms with E-state index in [1.54, 1.807) is 0 Å². The Labute approximate surface area is 395 Å². The van der Waals surface area contributed by atoms with Crippen LogP contribution in [0.3, 0.4) is 0 Å². The topological polar surface area (TPSA) is 55.8 Å². The van der Waals surface area contributed by atoms with Gasteiger partial charge in [-0.25, -0.2) is 0 Å². The van der Waals surface area contributed by atoms with Gasteiger partial charge in [0, 0.05) is 19.4 Å². The second kappa shape index (κ2) is 22.6. The highest BCUT2D eigenvalue weighted by Crippen LogP contribution is 2.66. The Morgan fingerprint density at radius 3 is 0.851 bits per heavy atom. The number of hydrogen-bond donors (Lipinski definition) is 0. The van der Waals surface area contributed by atoms with Gasteiger partial charge in [0.05, 0.1) is 0 Å². The normalized spacial score (nSPS) is 16.0. The van der Waals surface area contributed by atoms with Gasteiger partial charge in [0.2, 0.25) is 0 Å². The molecule has 0 aromatic carbocycles. The Morgan fingerprint density at radius 2 is 0.595 bits per heavy atom. The maximum atomic E-state index is 14.7. The smallest absolute Gasteiger partial charge is 0.384 e. The van der Waals surface area contributed by atoms with Crippen LogP contribution < -0.4 is 0 Å². The summed E-state index contributed by atoms with van der Waals surface area (Å²) in [5.41, 5.74) is 0. The van der Waals surface area contributed by atoms with Crippen LogP contribution in [0.1, 0.15) is 91.9 Å². The lowest BCUT2D eigenvalue weighted by Gasteiger charge is -2.43. The number of esters is 2. The molecule has 0 aromatic heterocycles. The van der Waals surface area contributed by atoms with E-state index < -0.39 is 177 Å². The summed E-state index contributed by atoms with van der Waals surface area (Å²) in [5.74, 6) is -137. The van der Waals surface area contributed by atoms with Gasteiger partial charge in [-0.05, 0) is 38.8 Å². The zero-order valence-corrected chi connectivity index (χ0v) is 37.7. The van der Waals surface area contributed by atoms with Gasteiger partial charge in [0.15, 0.2) is 0 Å². The van der Waals surface area contributed by atoms with Crippen molar-refractivity contribution in [3.05, 3.63) is 0 Å². The van der Waals surface area contributed by atoms with Crippen molar-refractivity contribution in [3.8, 4) is 0 Å². The van der Waals surface area contributed by atoms with Crippen molar-refractivity contribution in [2.45, 2.75) is 193 Å². The third-order valence-electron chi connectivity index (χ3n) is 10.5. The Kier molecular flexibility index (Phi) is 21.5. The first-order valence-corrected chi connectivity index (χ1v) is 20.6. The van der Waals surface area contributed by atoms with Gasteiger partial charge >= 0.3 is 107 Å². The summed E-state index contributed by atoms with van der Waals surface area (Å²) in [6.07, 6.45) is -20.0. The lowest BCUT2D eigenvalue weighted by atomic mass is 9.86. The highest BCUT2D eigenvalue weighted by molar-refractivity contribution is 5.72. The van der Waals surface area contributed by atoms with Crippen LogP contribution in [0.5, 0.6) is 0 Å². The van der Waals surface area contributed by atoms with Crippen molar-refractivity contribution >= 4 is 11.9 Å². The van der Waals surface area contributed by atoms with E-state index >= 15 is 0 Å². The van der Waals surface area contributed by atoms with Crippen LogP contribution >= 0.6 is 0 Å². The van der Waals surface area contributed by atoms with Gasteiger partial charge in [-0.2, -0.15) is 140 Å². The fourth-order valence-corrected chi connectivity index (χ4v) is 6.00. The zero-order valence-electron chi connectivity index (χ0n) is 37.7. The number of hydrogen-bond acceptors (Lipinski definition) is 5. The summed E-state index contributed by atoms with van der Waals surface area (Å²) in [7, 11) is 0. The van der Waals surface area contributed by atoms with Crippen molar-refractivity contribution in [2.24, 2.45) is 0 Å². The summed E-state index contributed by atoms with van der Waals surface area (Å²) in [6, 6.07) is 0. The first-order valence-electron chi connectivity index (χ1n) is 20.6. The first-order chi connectivity index (χ1) is 32.5. The number of carbonyl (C=O) groups excluding carboxylic acids is 2. The lowest BCUT2D eigenvalue weighted by molar-refractivity contribution is -0.453. The molecule has 0 rings (SSSR count). The minimum absolute atomic E-state index is 0.0793. The van der Waals surface area contributed by atoms with Crippen molar-refractivity contribution in [1.29, 1.82) is 0 Å². The maximum Gasteiger partial charge on any atom is 0.384 e. The molecule has 0 spiro atoms. The molecule has 0 fully saturated rings. The molecular formula is C37H41F32NO4. The van der Waals surface area contributed by atoms with Gasteiger partial charge in [0.25, 0.3) is 0 Å². The average Bonchev–Trinajstić information content (AvgIpc) is 3.22. The summed E-state index contributed by atoms with van der Waals surface area (Å²) in [6.45, 7) is -0.0354. The quantitative estimate of drug-likeness (QED) is 0.0484. The number of halogens is 32. The van der Waals surface area contributed by atoms with Gasteiger partial charge in [-0.3, -0.25) is 14.5 Å². The van der Waals surface area contributed by atoms with Gasteiger partial charge < -0.3 is 9.47 Å². The Bertz CT molecular complexity index is 1850. The second-order valence-electron chi connectivity index (χ2n) is 16.4. The molecule has 0 aliphatic heterocycles. The van der Waals surface area contributed by atoms with Crippen molar-refractivity contribution in [3.63, 3.8) is 0 Å². The Hall–Kier alpha value is -3.34. The summed E-state index contributed by atoms with van der Waals surface area (Å²) >= 11 is 0. The maximum absolute atomic E-state index is 14.7. The molecule has 0 aliphatic rings. The fourth-order valence-electron chi connectivity index (χ4n) is 6.00. The van der Waals surface area contributed by atoms with E-state index in [-0.39, 0.29) is 25.9 Å². The van der Waals surface area contributed by atoms with Crippen LogP contribution in [0.25, 0.3) is 0 Å². The van der Waals surface area contributed by atoms with E-state index in [0.717, 1.165) is 18.7 Å². The molecule has 0 aromatic rings. The number of alkyl halides is 32. The van der Waals surface area contributed by atoms with Crippen molar-refractivity contribution in [1.82, 2.24) is 4.90 Å². The lowest BCUT2D eigenvalue weighted by Crippen LogP contribution is -2.74. The molecule has 1 atom stereocenters. The van der Waals surface area contributed by atoms with Crippen molar-refractivity contribution in [2.75, 3.05) is 26.2 Å².